The van der Waals surface area contributed by atoms with Crippen molar-refractivity contribution in [3.63, 3.8) is 0 Å². The lowest BCUT2D eigenvalue weighted by atomic mass is 10.1. The van der Waals surface area contributed by atoms with Gasteiger partial charge in [-0.1, -0.05) is 19.1 Å². The Kier molecular flexibility index (Phi) is 3.92. The quantitative estimate of drug-likeness (QED) is 0.769. The van der Waals surface area contributed by atoms with Gasteiger partial charge in [-0.25, -0.2) is 4.79 Å². The highest BCUT2D eigenvalue weighted by atomic mass is 16.5. The topological polar surface area (TPSA) is 52.3 Å². The van der Waals surface area contributed by atoms with Crippen molar-refractivity contribution in [2.75, 3.05) is 7.11 Å². The van der Waals surface area contributed by atoms with Gasteiger partial charge in [0.05, 0.1) is 12.7 Å². The number of allylic oxidation sites excluding steroid dienone is 1. The molecule has 0 unspecified atom stereocenters. The van der Waals surface area contributed by atoms with Crippen LogP contribution in [0, 0.1) is 0 Å². The zero-order valence-electron chi connectivity index (χ0n) is 8.99. The summed E-state index contributed by atoms with van der Waals surface area (Å²) in [4.78, 5) is 11.1. The maximum atomic E-state index is 11.1. The summed E-state index contributed by atoms with van der Waals surface area (Å²) < 4.78 is 4.60. The first kappa shape index (κ1) is 11.3. The molecule has 0 fully saturated rings. The number of esters is 1. The van der Waals surface area contributed by atoms with E-state index < -0.39 is 0 Å². The van der Waals surface area contributed by atoms with Crippen LogP contribution in [-0.4, -0.2) is 13.1 Å². The highest BCUT2D eigenvalue weighted by Crippen LogP contribution is 2.09. The molecule has 0 aliphatic carbocycles. The molecule has 3 nitrogen and oxygen atoms in total. The fourth-order valence-electron chi connectivity index (χ4n) is 1.15. The molecule has 0 amide bonds. The van der Waals surface area contributed by atoms with Gasteiger partial charge in [0.25, 0.3) is 0 Å². The summed E-state index contributed by atoms with van der Waals surface area (Å²) in [7, 11) is 1.37. The van der Waals surface area contributed by atoms with Crippen molar-refractivity contribution in [1.29, 1.82) is 0 Å². The standard InChI is InChI=1S/C12H15NO2/c1-3-11(13)8-9-4-6-10(7-5-9)12(14)15-2/h4-8H,3,13H2,1-2H3/b11-8-. The summed E-state index contributed by atoms with van der Waals surface area (Å²) >= 11 is 0. The number of hydrogen-bond acceptors (Lipinski definition) is 3. The molecule has 80 valence electrons. The van der Waals surface area contributed by atoms with E-state index in [2.05, 4.69) is 4.74 Å². The SMILES string of the molecule is CC/C(N)=C/c1ccc(C(=O)OC)cc1. The number of carbonyl (C=O) groups is 1. The van der Waals surface area contributed by atoms with Gasteiger partial charge in [0.2, 0.25) is 0 Å². The Morgan fingerprint density at radius 1 is 1.40 bits per heavy atom. The Morgan fingerprint density at radius 2 is 2.00 bits per heavy atom. The Morgan fingerprint density at radius 3 is 2.47 bits per heavy atom. The Labute approximate surface area is 89.5 Å². The number of benzene rings is 1. The van der Waals surface area contributed by atoms with Crippen LogP contribution in [-0.2, 0) is 4.74 Å². The summed E-state index contributed by atoms with van der Waals surface area (Å²) in [5.74, 6) is -0.325. The van der Waals surface area contributed by atoms with E-state index in [1.54, 1.807) is 12.1 Å². The second kappa shape index (κ2) is 5.20. The van der Waals surface area contributed by atoms with Crippen molar-refractivity contribution in [2.24, 2.45) is 5.73 Å². The summed E-state index contributed by atoms with van der Waals surface area (Å²) in [6, 6.07) is 7.13. The predicted molar refractivity (Wildman–Crippen MR) is 60.2 cm³/mol. The molecule has 1 rings (SSSR count). The van der Waals surface area contributed by atoms with Crippen LogP contribution < -0.4 is 5.73 Å². The Hall–Kier alpha value is -1.77. The molecular formula is C12H15NO2. The number of rotatable bonds is 3. The minimum atomic E-state index is -0.325. The second-order valence-corrected chi connectivity index (χ2v) is 3.19. The van der Waals surface area contributed by atoms with E-state index in [1.807, 2.05) is 25.1 Å². The van der Waals surface area contributed by atoms with E-state index >= 15 is 0 Å². The van der Waals surface area contributed by atoms with Gasteiger partial charge >= 0.3 is 5.97 Å². The van der Waals surface area contributed by atoms with Crippen LogP contribution in [0.3, 0.4) is 0 Å². The van der Waals surface area contributed by atoms with Gasteiger partial charge in [-0.15, -0.1) is 0 Å². The smallest absolute Gasteiger partial charge is 0.337 e. The molecule has 2 N–H and O–H groups in total. The largest absolute Gasteiger partial charge is 0.465 e. The Balaban J connectivity index is 2.86. The lowest BCUT2D eigenvalue weighted by Crippen LogP contribution is -2.00. The van der Waals surface area contributed by atoms with E-state index in [0.29, 0.717) is 5.56 Å². The average Bonchev–Trinajstić information content (AvgIpc) is 2.29. The molecule has 0 radical (unpaired) electrons. The summed E-state index contributed by atoms with van der Waals surface area (Å²) in [5.41, 5.74) is 8.05. The zero-order valence-corrected chi connectivity index (χ0v) is 8.99. The van der Waals surface area contributed by atoms with Crippen molar-refractivity contribution in [3.8, 4) is 0 Å². The van der Waals surface area contributed by atoms with Crippen LogP contribution in [0.15, 0.2) is 30.0 Å². The maximum Gasteiger partial charge on any atom is 0.337 e. The monoisotopic (exact) mass is 205 g/mol. The average molecular weight is 205 g/mol. The fourth-order valence-corrected chi connectivity index (χ4v) is 1.15. The minimum absolute atomic E-state index is 0.325. The molecule has 0 heterocycles. The predicted octanol–water partition coefficient (Wildman–Crippen LogP) is 2.18. The molecule has 0 spiro atoms. The highest BCUT2D eigenvalue weighted by Gasteiger charge is 2.03. The molecule has 1 aromatic rings. The molecule has 0 aliphatic heterocycles. The third-order valence-corrected chi connectivity index (χ3v) is 2.09. The molecule has 1 aromatic carbocycles. The van der Waals surface area contributed by atoms with Gasteiger partial charge in [-0.05, 0) is 30.2 Å². The lowest BCUT2D eigenvalue weighted by molar-refractivity contribution is 0.0601. The second-order valence-electron chi connectivity index (χ2n) is 3.19. The van der Waals surface area contributed by atoms with Crippen LogP contribution >= 0.6 is 0 Å². The van der Waals surface area contributed by atoms with Gasteiger partial charge in [-0.3, -0.25) is 0 Å². The van der Waals surface area contributed by atoms with Gasteiger partial charge in [0.1, 0.15) is 0 Å². The van der Waals surface area contributed by atoms with E-state index in [1.165, 1.54) is 7.11 Å². The minimum Gasteiger partial charge on any atom is -0.465 e. The van der Waals surface area contributed by atoms with Crippen molar-refractivity contribution in [1.82, 2.24) is 0 Å². The molecule has 0 aliphatic rings. The molecule has 0 bridgehead atoms. The lowest BCUT2D eigenvalue weighted by Gasteiger charge is -2.00. The molecule has 0 saturated carbocycles. The van der Waals surface area contributed by atoms with Crippen LogP contribution in [0.4, 0.5) is 0 Å². The van der Waals surface area contributed by atoms with E-state index in [-0.39, 0.29) is 5.97 Å². The van der Waals surface area contributed by atoms with Crippen LogP contribution in [0.1, 0.15) is 29.3 Å². The van der Waals surface area contributed by atoms with Crippen LogP contribution in [0.2, 0.25) is 0 Å². The van der Waals surface area contributed by atoms with Crippen molar-refractivity contribution >= 4 is 12.0 Å². The summed E-state index contributed by atoms with van der Waals surface area (Å²) in [6.07, 6.45) is 2.71. The first-order valence-electron chi connectivity index (χ1n) is 4.81. The number of nitrogens with two attached hydrogens (primary N) is 1. The van der Waals surface area contributed by atoms with Gasteiger partial charge in [0, 0.05) is 5.70 Å². The maximum absolute atomic E-state index is 11.1. The number of hydrogen-bond donors (Lipinski definition) is 1. The molecule has 0 atom stereocenters. The van der Waals surface area contributed by atoms with E-state index in [4.69, 9.17) is 5.73 Å². The zero-order chi connectivity index (χ0) is 11.3. The third-order valence-electron chi connectivity index (χ3n) is 2.09. The summed E-state index contributed by atoms with van der Waals surface area (Å²) in [5, 5.41) is 0. The Bertz CT molecular complexity index is 366. The van der Waals surface area contributed by atoms with Crippen molar-refractivity contribution < 1.29 is 9.53 Å². The molecule has 3 heteroatoms. The summed E-state index contributed by atoms with van der Waals surface area (Å²) in [6.45, 7) is 1.99. The molecule has 15 heavy (non-hydrogen) atoms. The normalized spacial score (nSPS) is 11.2. The van der Waals surface area contributed by atoms with Crippen LogP contribution in [0.5, 0.6) is 0 Å². The number of methoxy groups -OCH3 is 1. The van der Waals surface area contributed by atoms with E-state index in [9.17, 15) is 4.79 Å². The first-order chi connectivity index (χ1) is 7.17. The van der Waals surface area contributed by atoms with Gasteiger partial charge in [-0.2, -0.15) is 0 Å². The van der Waals surface area contributed by atoms with Gasteiger partial charge < -0.3 is 10.5 Å². The molecule has 0 saturated heterocycles. The number of ether oxygens (including phenoxy) is 1. The highest BCUT2D eigenvalue weighted by molar-refractivity contribution is 5.89. The van der Waals surface area contributed by atoms with Crippen molar-refractivity contribution in [3.05, 3.63) is 41.1 Å². The first-order valence-corrected chi connectivity index (χ1v) is 4.81. The van der Waals surface area contributed by atoms with E-state index in [0.717, 1.165) is 17.7 Å². The van der Waals surface area contributed by atoms with Gasteiger partial charge in [0.15, 0.2) is 0 Å². The fraction of sp³-hybridized carbons (Fsp3) is 0.250. The third kappa shape index (κ3) is 3.13. The van der Waals surface area contributed by atoms with Crippen molar-refractivity contribution in [2.45, 2.75) is 13.3 Å². The molecular weight excluding hydrogens is 190 g/mol. The van der Waals surface area contributed by atoms with Crippen LogP contribution in [0.25, 0.3) is 6.08 Å². The number of carbonyl (C=O) groups excluding carboxylic acids is 1. The molecule has 0 aromatic heterocycles.